The Balaban J connectivity index is 0.00000158. The van der Waals surface area contributed by atoms with E-state index in [1.54, 1.807) is 41.4 Å². The molecule has 0 unspecified atom stereocenters. The molecule has 148 valence electrons. The van der Waals surface area contributed by atoms with E-state index in [9.17, 15) is 8.42 Å². The van der Waals surface area contributed by atoms with Crippen LogP contribution in [-0.2, 0) is 19.6 Å². The van der Waals surface area contributed by atoms with Crippen molar-refractivity contribution in [3.05, 3.63) is 60.3 Å². The van der Waals surface area contributed by atoms with Gasteiger partial charge in [-0.05, 0) is 36.4 Å². The minimum atomic E-state index is -3.60. The molecule has 1 aromatic rings. The smallest absolute Gasteiger partial charge is 0.261 e. The molecule has 0 atom stereocenters. The maximum Gasteiger partial charge on any atom is 0.261 e. The number of hydrogen-bond acceptors (Lipinski definition) is 6. The molecule has 1 aliphatic rings. The summed E-state index contributed by atoms with van der Waals surface area (Å²) in [6.45, 7) is 8.11. The molecule has 2 N–H and O–H groups in total. The highest BCUT2D eigenvalue weighted by Crippen LogP contribution is 2.23. The lowest BCUT2D eigenvalue weighted by atomic mass is 9.93. The van der Waals surface area contributed by atoms with Gasteiger partial charge in [0.25, 0.3) is 10.0 Å². The van der Waals surface area contributed by atoms with Crippen molar-refractivity contribution in [2.45, 2.75) is 18.7 Å². The van der Waals surface area contributed by atoms with E-state index >= 15 is 0 Å². The predicted molar refractivity (Wildman–Crippen MR) is 108 cm³/mol. The van der Waals surface area contributed by atoms with Gasteiger partial charge in [-0.2, -0.15) is 0 Å². The van der Waals surface area contributed by atoms with Crippen LogP contribution in [0.2, 0.25) is 0 Å². The molecule has 0 aliphatic heterocycles. The second-order valence-corrected chi connectivity index (χ2v) is 7.95. The van der Waals surface area contributed by atoms with Gasteiger partial charge in [0.2, 0.25) is 0 Å². The highest BCUT2D eigenvalue weighted by molar-refractivity contribution is 7.89. The van der Waals surface area contributed by atoms with Gasteiger partial charge in [0.15, 0.2) is 0 Å². The van der Waals surface area contributed by atoms with Gasteiger partial charge < -0.3 is 15.0 Å². The molecule has 0 fully saturated rings. The van der Waals surface area contributed by atoms with Gasteiger partial charge in [-0.15, -0.1) is 0 Å². The molecule has 27 heavy (non-hydrogen) atoms. The van der Waals surface area contributed by atoms with Gasteiger partial charge in [-0.1, -0.05) is 32.1 Å². The molecule has 0 aromatic heterocycles. The first-order chi connectivity index (χ1) is 12.7. The highest BCUT2D eigenvalue weighted by atomic mass is 32.2. The Morgan fingerprint density at radius 2 is 1.52 bits per heavy atom. The number of nitrogens with one attached hydrogen (secondary N) is 2. The van der Waals surface area contributed by atoms with Crippen LogP contribution in [-0.4, -0.2) is 41.1 Å². The van der Waals surface area contributed by atoms with Crippen molar-refractivity contribution in [2.24, 2.45) is 5.41 Å². The topological polar surface area (TPSA) is 95.6 Å². The molecule has 0 radical (unpaired) electrons. The third kappa shape index (κ3) is 8.48. The van der Waals surface area contributed by atoms with Crippen LogP contribution in [0.1, 0.15) is 13.8 Å². The van der Waals surface area contributed by atoms with E-state index in [1.807, 2.05) is 45.9 Å². The van der Waals surface area contributed by atoms with Crippen molar-refractivity contribution in [3.8, 4) is 0 Å². The standard InChI is InChI=1S/C17H23N3O2S.2CH2O/c1-17(2)12-5-6-15(11-13-17)19-23(21,22)16-9-7-14(8-10-16)18-20(3)4;2*1-2/h5-13,18-19H,1-4H3;2*1H2. The van der Waals surface area contributed by atoms with E-state index in [2.05, 4.69) is 24.0 Å². The Kier molecular flexibility index (Phi) is 9.98. The zero-order chi connectivity index (χ0) is 21.1. The first kappa shape index (κ1) is 24.3. The van der Waals surface area contributed by atoms with Gasteiger partial charge in [0, 0.05) is 30.9 Å². The van der Waals surface area contributed by atoms with Gasteiger partial charge >= 0.3 is 0 Å². The van der Waals surface area contributed by atoms with Crippen LogP contribution >= 0.6 is 0 Å². The second-order valence-electron chi connectivity index (χ2n) is 6.27. The van der Waals surface area contributed by atoms with E-state index in [4.69, 9.17) is 9.59 Å². The number of hydrogen-bond donors (Lipinski definition) is 2. The molecule has 0 heterocycles. The van der Waals surface area contributed by atoms with Crippen LogP contribution in [0, 0.1) is 5.41 Å². The van der Waals surface area contributed by atoms with Crippen LogP contribution < -0.4 is 10.1 Å². The number of benzene rings is 1. The zero-order valence-corrected chi connectivity index (χ0v) is 16.9. The lowest BCUT2D eigenvalue weighted by Crippen LogP contribution is -2.23. The predicted octanol–water partition coefficient (Wildman–Crippen LogP) is 2.52. The lowest BCUT2D eigenvalue weighted by Gasteiger charge is -2.14. The monoisotopic (exact) mass is 393 g/mol. The molecule has 0 bridgehead atoms. The molecule has 1 aromatic carbocycles. The Bertz CT molecular complexity index is 778. The average Bonchev–Trinajstić information content (AvgIpc) is 2.79. The summed E-state index contributed by atoms with van der Waals surface area (Å²) in [6.07, 6.45) is 9.40. The van der Waals surface area contributed by atoms with Crippen molar-refractivity contribution in [1.29, 1.82) is 0 Å². The summed E-state index contributed by atoms with van der Waals surface area (Å²) < 4.78 is 27.5. The molecule has 8 heteroatoms. The van der Waals surface area contributed by atoms with Crippen LogP contribution in [0.3, 0.4) is 0 Å². The Morgan fingerprint density at radius 1 is 0.963 bits per heavy atom. The summed E-state index contributed by atoms with van der Waals surface area (Å²) in [5.41, 5.74) is 4.34. The molecule has 1 aliphatic carbocycles. The van der Waals surface area contributed by atoms with E-state index in [0.717, 1.165) is 5.69 Å². The Labute approximate surface area is 161 Å². The third-order valence-corrected chi connectivity index (χ3v) is 4.66. The summed E-state index contributed by atoms with van der Waals surface area (Å²) in [7, 11) is 0.131. The van der Waals surface area contributed by atoms with Gasteiger partial charge in [0.1, 0.15) is 13.6 Å². The summed E-state index contributed by atoms with van der Waals surface area (Å²) >= 11 is 0. The van der Waals surface area contributed by atoms with E-state index in [-0.39, 0.29) is 10.3 Å². The van der Waals surface area contributed by atoms with Crippen molar-refractivity contribution in [1.82, 2.24) is 9.73 Å². The van der Waals surface area contributed by atoms with E-state index < -0.39 is 10.0 Å². The van der Waals surface area contributed by atoms with E-state index in [1.165, 1.54) is 0 Å². The van der Waals surface area contributed by atoms with Crippen molar-refractivity contribution in [3.63, 3.8) is 0 Å². The number of hydrazine groups is 1. The minimum absolute atomic E-state index is 0.0941. The summed E-state index contributed by atoms with van der Waals surface area (Å²) in [5, 5.41) is 1.79. The molecule has 0 saturated heterocycles. The SMILES string of the molecule is C=O.C=O.CN(C)Nc1ccc(S(=O)(=O)NC2=CC=CC(C)(C)C=C2)cc1. The molecule has 2 rings (SSSR count). The zero-order valence-electron chi connectivity index (χ0n) is 16.1. The largest absolute Gasteiger partial charge is 0.319 e. The summed E-state index contributed by atoms with van der Waals surface area (Å²) in [6, 6.07) is 6.62. The fourth-order valence-corrected chi connectivity index (χ4v) is 3.12. The number of sulfonamides is 1. The summed E-state index contributed by atoms with van der Waals surface area (Å²) in [4.78, 5) is 16.2. The highest BCUT2D eigenvalue weighted by Gasteiger charge is 2.16. The molecule has 0 amide bonds. The first-order valence-electron chi connectivity index (χ1n) is 7.91. The fourth-order valence-electron chi connectivity index (χ4n) is 2.06. The van der Waals surface area contributed by atoms with Crippen molar-refractivity contribution in [2.75, 3.05) is 19.5 Å². The minimum Gasteiger partial charge on any atom is -0.319 e. The number of nitrogens with zero attached hydrogens (tertiary/aromatic N) is 1. The van der Waals surface area contributed by atoms with Crippen LogP contribution in [0.15, 0.2) is 65.2 Å². The molecule has 0 saturated carbocycles. The average molecular weight is 394 g/mol. The maximum absolute atomic E-state index is 12.5. The fraction of sp³-hybridized carbons (Fsp3) is 0.263. The van der Waals surface area contributed by atoms with Crippen molar-refractivity contribution < 1.29 is 18.0 Å². The lowest BCUT2D eigenvalue weighted by molar-refractivity contribution is -0.0987. The second kappa shape index (κ2) is 11.1. The van der Waals surface area contributed by atoms with Gasteiger partial charge in [0.05, 0.1) is 4.90 Å². The maximum atomic E-state index is 12.5. The van der Waals surface area contributed by atoms with Crippen molar-refractivity contribution >= 4 is 29.3 Å². The number of allylic oxidation sites excluding steroid dienone is 5. The normalized spacial score (nSPS) is 14.6. The Hall–Kier alpha value is -2.71. The number of anilines is 1. The van der Waals surface area contributed by atoms with E-state index in [0.29, 0.717) is 5.70 Å². The number of carbonyl (C=O) groups is 2. The van der Waals surface area contributed by atoms with Gasteiger partial charge in [-0.3, -0.25) is 4.72 Å². The van der Waals surface area contributed by atoms with Crippen LogP contribution in [0.4, 0.5) is 5.69 Å². The number of rotatable bonds is 5. The Morgan fingerprint density at radius 3 is 2.04 bits per heavy atom. The molecular weight excluding hydrogens is 366 g/mol. The van der Waals surface area contributed by atoms with Gasteiger partial charge in [-0.25, -0.2) is 13.4 Å². The van der Waals surface area contributed by atoms with Crippen LogP contribution in [0.25, 0.3) is 0 Å². The first-order valence-corrected chi connectivity index (χ1v) is 9.40. The third-order valence-electron chi connectivity index (χ3n) is 3.26. The molecular formula is C19H27N3O4S. The van der Waals surface area contributed by atoms with Crippen LogP contribution in [0.5, 0.6) is 0 Å². The molecule has 7 nitrogen and oxygen atoms in total. The number of carbonyl (C=O) groups excluding carboxylic acids is 2. The molecule has 0 spiro atoms. The summed E-state index contributed by atoms with van der Waals surface area (Å²) in [5.74, 6) is 0. The quantitative estimate of drug-likeness (QED) is 0.747.